The van der Waals surface area contributed by atoms with Crippen LogP contribution < -0.4 is 4.74 Å². The van der Waals surface area contributed by atoms with Crippen molar-refractivity contribution in [1.82, 2.24) is 4.90 Å². The molecule has 1 rings (SSSR count). The third-order valence-corrected chi connectivity index (χ3v) is 2.84. The molecule has 1 aromatic carbocycles. The fraction of sp³-hybridized carbons (Fsp3) is 0.312. The molecule has 0 aliphatic heterocycles. The van der Waals surface area contributed by atoms with Crippen LogP contribution in [0.1, 0.15) is 18.5 Å². The number of rotatable bonds is 8. The van der Waals surface area contributed by atoms with Crippen molar-refractivity contribution in [2.45, 2.75) is 13.0 Å². The zero-order chi connectivity index (χ0) is 15.0. The average molecular weight is 272 g/mol. The van der Waals surface area contributed by atoms with E-state index >= 15 is 0 Å². The van der Waals surface area contributed by atoms with Gasteiger partial charge in [-0.05, 0) is 13.0 Å². The van der Waals surface area contributed by atoms with E-state index in [1.54, 1.807) is 30.4 Å². The average Bonchev–Trinajstić information content (AvgIpc) is 2.44. The lowest BCUT2D eigenvalue weighted by Gasteiger charge is -2.25. The lowest BCUT2D eigenvalue weighted by Crippen LogP contribution is -2.28. The van der Waals surface area contributed by atoms with Gasteiger partial charge in [-0.3, -0.25) is 4.90 Å². The predicted octanol–water partition coefficient (Wildman–Crippen LogP) is 3.03. The third kappa shape index (κ3) is 3.62. The molecule has 0 aromatic heterocycles. The van der Waals surface area contributed by atoms with Crippen LogP contribution in [-0.2, 0) is 0 Å². The number of benzene rings is 1. The normalized spacial score (nSPS) is 11.7. The van der Waals surface area contributed by atoms with Crippen LogP contribution in [0.2, 0.25) is 0 Å². The number of hydrogen-bond acceptors (Lipinski definition) is 4. The van der Waals surface area contributed by atoms with E-state index in [4.69, 9.17) is 4.74 Å². The molecule has 0 aliphatic carbocycles. The number of nitrogens with zero attached hydrogens (tertiary/aromatic N) is 2. The Morgan fingerprint density at radius 3 is 2.55 bits per heavy atom. The molecular formula is C16H20N2O2. The molecule has 1 atom stereocenters. The number of phenols is 1. The molecule has 20 heavy (non-hydrogen) atoms. The highest BCUT2D eigenvalue weighted by Crippen LogP contribution is 2.35. The SMILES string of the molecule is C=CCN(CC=C)C(C#N)c1cccc(OCC)c1O. The molecule has 1 aromatic rings. The van der Waals surface area contributed by atoms with Crippen LogP contribution in [0.25, 0.3) is 0 Å². The van der Waals surface area contributed by atoms with Gasteiger partial charge in [0.25, 0.3) is 0 Å². The molecule has 0 radical (unpaired) electrons. The summed E-state index contributed by atoms with van der Waals surface area (Å²) in [5, 5.41) is 19.7. The first kappa shape index (κ1) is 15.8. The number of para-hydroxylation sites is 1. The predicted molar refractivity (Wildman–Crippen MR) is 79.6 cm³/mol. The highest BCUT2D eigenvalue weighted by Gasteiger charge is 2.22. The lowest BCUT2D eigenvalue weighted by atomic mass is 10.0. The van der Waals surface area contributed by atoms with E-state index in [0.29, 0.717) is 31.0 Å². The van der Waals surface area contributed by atoms with Crippen molar-refractivity contribution in [3.8, 4) is 17.6 Å². The summed E-state index contributed by atoms with van der Waals surface area (Å²) in [5.41, 5.74) is 0.530. The van der Waals surface area contributed by atoms with Crippen LogP contribution in [0.15, 0.2) is 43.5 Å². The number of hydrogen-bond donors (Lipinski definition) is 1. The molecule has 106 valence electrons. The van der Waals surface area contributed by atoms with Gasteiger partial charge in [-0.15, -0.1) is 13.2 Å². The Bertz CT molecular complexity index is 496. The van der Waals surface area contributed by atoms with Crippen molar-refractivity contribution in [3.63, 3.8) is 0 Å². The summed E-state index contributed by atoms with van der Waals surface area (Å²) in [6.07, 6.45) is 3.44. The van der Waals surface area contributed by atoms with Gasteiger partial charge in [0.15, 0.2) is 11.5 Å². The third-order valence-electron chi connectivity index (χ3n) is 2.84. The Labute approximate surface area is 120 Å². The Morgan fingerprint density at radius 2 is 2.05 bits per heavy atom. The fourth-order valence-corrected chi connectivity index (χ4v) is 2.00. The second kappa shape index (κ2) is 8.03. The summed E-state index contributed by atoms with van der Waals surface area (Å²) in [7, 11) is 0. The zero-order valence-electron chi connectivity index (χ0n) is 11.7. The van der Waals surface area contributed by atoms with E-state index in [1.165, 1.54) is 0 Å². The standard InChI is InChI=1S/C16H20N2O2/c1-4-10-18(11-5-2)14(12-17)13-8-7-9-15(16(13)19)20-6-3/h4-5,7-9,14,19H,1-2,6,10-11H2,3H3. The highest BCUT2D eigenvalue weighted by molar-refractivity contribution is 5.48. The van der Waals surface area contributed by atoms with Crippen LogP contribution >= 0.6 is 0 Å². The van der Waals surface area contributed by atoms with Crippen molar-refractivity contribution in [2.75, 3.05) is 19.7 Å². The maximum atomic E-state index is 10.3. The van der Waals surface area contributed by atoms with Crippen LogP contribution in [0, 0.1) is 11.3 Å². The molecule has 0 heterocycles. The van der Waals surface area contributed by atoms with Gasteiger partial charge in [0.05, 0.1) is 12.7 Å². The van der Waals surface area contributed by atoms with Crippen LogP contribution in [-0.4, -0.2) is 29.7 Å². The minimum absolute atomic E-state index is 0.0130. The molecule has 0 aliphatic rings. The van der Waals surface area contributed by atoms with Crippen molar-refractivity contribution < 1.29 is 9.84 Å². The smallest absolute Gasteiger partial charge is 0.163 e. The second-order valence-electron chi connectivity index (χ2n) is 4.19. The molecule has 0 saturated heterocycles. The molecule has 0 spiro atoms. The van der Waals surface area contributed by atoms with Gasteiger partial charge in [0.2, 0.25) is 0 Å². The molecule has 0 amide bonds. The van der Waals surface area contributed by atoms with Gasteiger partial charge >= 0.3 is 0 Å². The number of ether oxygens (including phenoxy) is 1. The minimum Gasteiger partial charge on any atom is -0.504 e. The van der Waals surface area contributed by atoms with E-state index in [1.807, 2.05) is 11.8 Å². The summed E-state index contributed by atoms with van der Waals surface area (Å²) >= 11 is 0. The quantitative estimate of drug-likeness (QED) is 0.739. The maximum Gasteiger partial charge on any atom is 0.163 e. The molecule has 4 heteroatoms. The Kier molecular flexibility index (Phi) is 6.34. The summed E-state index contributed by atoms with van der Waals surface area (Å²) in [4.78, 5) is 1.87. The summed E-state index contributed by atoms with van der Waals surface area (Å²) in [6.45, 7) is 10.7. The molecule has 1 unspecified atom stereocenters. The Morgan fingerprint density at radius 1 is 1.40 bits per heavy atom. The molecule has 0 fully saturated rings. The fourth-order valence-electron chi connectivity index (χ4n) is 2.00. The van der Waals surface area contributed by atoms with Crippen molar-refractivity contribution in [2.24, 2.45) is 0 Å². The number of aromatic hydroxyl groups is 1. The van der Waals surface area contributed by atoms with E-state index in [-0.39, 0.29) is 5.75 Å². The first-order valence-electron chi connectivity index (χ1n) is 6.49. The van der Waals surface area contributed by atoms with Gasteiger partial charge in [-0.2, -0.15) is 5.26 Å². The van der Waals surface area contributed by atoms with E-state index in [0.717, 1.165) is 0 Å². The number of phenolic OH excluding ortho intramolecular Hbond substituents is 1. The Hall–Kier alpha value is -2.25. The molecule has 0 bridgehead atoms. The summed E-state index contributed by atoms with van der Waals surface area (Å²) < 4.78 is 5.35. The number of nitriles is 1. The van der Waals surface area contributed by atoms with Crippen molar-refractivity contribution >= 4 is 0 Å². The molecular weight excluding hydrogens is 252 g/mol. The zero-order valence-corrected chi connectivity index (χ0v) is 11.7. The van der Waals surface area contributed by atoms with Gasteiger partial charge in [-0.25, -0.2) is 0 Å². The van der Waals surface area contributed by atoms with Gasteiger partial charge < -0.3 is 9.84 Å². The summed E-state index contributed by atoms with van der Waals surface area (Å²) in [6, 6.07) is 6.81. The van der Waals surface area contributed by atoms with Crippen molar-refractivity contribution in [3.05, 3.63) is 49.1 Å². The minimum atomic E-state index is -0.577. The van der Waals surface area contributed by atoms with Crippen LogP contribution in [0.4, 0.5) is 0 Å². The first-order chi connectivity index (χ1) is 9.69. The van der Waals surface area contributed by atoms with Gasteiger partial charge in [-0.1, -0.05) is 24.3 Å². The summed E-state index contributed by atoms with van der Waals surface area (Å²) in [5.74, 6) is 0.404. The lowest BCUT2D eigenvalue weighted by molar-refractivity contribution is 0.277. The van der Waals surface area contributed by atoms with Crippen LogP contribution in [0.5, 0.6) is 11.5 Å². The Balaban J connectivity index is 3.17. The highest BCUT2D eigenvalue weighted by atomic mass is 16.5. The van der Waals surface area contributed by atoms with E-state index < -0.39 is 6.04 Å². The monoisotopic (exact) mass is 272 g/mol. The first-order valence-corrected chi connectivity index (χ1v) is 6.49. The largest absolute Gasteiger partial charge is 0.504 e. The molecule has 4 nitrogen and oxygen atoms in total. The van der Waals surface area contributed by atoms with Gasteiger partial charge in [0.1, 0.15) is 6.04 Å². The van der Waals surface area contributed by atoms with E-state index in [9.17, 15) is 10.4 Å². The van der Waals surface area contributed by atoms with Gasteiger partial charge in [0, 0.05) is 18.7 Å². The second-order valence-corrected chi connectivity index (χ2v) is 4.19. The van der Waals surface area contributed by atoms with Crippen molar-refractivity contribution in [1.29, 1.82) is 5.26 Å². The molecule has 0 saturated carbocycles. The van der Waals surface area contributed by atoms with Crippen LogP contribution in [0.3, 0.4) is 0 Å². The topological polar surface area (TPSA) is 56.5 Å². The van der Waals surface area contributed by atoms with E-state index in [2.05, 4.69) is 19.2 Å². The molecule has 1 N–H and O–H groups in total. The maximum absolute atomic E-state index is 10.3.